The summed E-state index contributed by atoms with van der Waals surface area (Å²) in [6, 6.07) is -0.638. The zero-order chi connectivity index (χ0) is 42.3. The number of ether oxygens (including phenoxy) is 1. The summed E-state index contributed by atoms with van der Waals surface area (Å²) >= 11 is 0. The summed E-state index contributed by atoms with van der Waals surface area (Å²) in [5.74, 6) is -0.106. The van der Waals surface area contributed by atoms with Gasteiger partial charge in [-0.15, -0.1) is 0 Å². The second-order valence-corrected chi connectivity index (χ2v) is 17.1. The van der Waals surface area contributed by atoms with Crippen molar-refractivity contribution in [2.24, 2.45) is 0 Å². The van der Waals surface area contributed by atoms with Gasteiger partial charge >= 0.3 is 5.97 Å². The Kier molecular flexibility index (Phi) is 46.2. The van der Waals surface area contributed by atoms with E-state index in [-0.39, 0.29) is 18.5 Å². The Balaban J connectivity index is 3.52. The lowest BCUT2D eigenvalue weighted by molar-refractivity contribution is -0.143. The topological polar surface area (TPSA) is 95.9 Å². The number of allylic oxidation sites excluding steroid dienone is 5. The summed E-state index contributed by atoms with van der Waals surface area (Å²) in [6.45, 7) is 4.83. The molecule has 2 atom stereocenters. The van der Waals surface area contributed by atoms with Gasteiger partial charge in [-0.25, -0.2) is 0 Å². The van der Waals surface area contributed by atoms with E-state index >= 15 is 0 Å². The van der Waals surface area contributed by atoms with Crippen LogP contribution >= 0.6 is 0 Å². The van der Waals surface area contributed by atoms with Gasteiger partial charge in [-0.1, -0.05) is 198 Å². The lowest BCUT2D eigenvalue weighted by atomic mass is 10.0. The van der Waals surface area contributed by atoms with Crippen molar-refractivity contribution in [1.82, 2.24) is 5.32 Å². The summed E-state index contributed by atoms with van der Waals surface area (Å²) in [6.07, 6.45) is 57.1. The Bertz CT molecular complexity index is 946. The first-order valence-electron chi connectivity index (χ1n) is 25.3. The number of aliphatic hydroxyl groups excluding tert-OH is 2. The summed E-state index contributed by atoms with van der Waals surface area (Å²) in [4.78, 5) is 24.4. The van der Waals surface area contributed by atoms with Crippen LogP contribution < -0.4 is 5.32 Å². The molecule has 0 fully saturated rings. The number of hydrogen-bond donors (Lipinski definition) is 3. The number of amides is 1. The minimum atomic E-state index is -0.854. The van der Waals surface area contributed by atoms with Crippen LogP contribution in [0.15, 0.2) is 36.5 Å². The van der Waals surface area contributed by atoms with Gasteiger partial charge in [0.2, 0.25) is 5.91 Å². The highest BCUT2D eigenvalue weighted by atomic mass is 16.5. The molecular formula is C52H97NO5. The van der Waals surface area contributed by atoms with E-state index in [1.807, 2.05) is 6.08 Å². The number of aliphatic hydroxyl groups is 2. The van der Waals surface area contributed by atoms with Crippen molar-refractivity contribution in [3.8, 4) is 0 Å². The molecule has 0 aliphatic carbocycles. The lowest BCUT2D eigenvalue weighted by Crippen LogP contribution is -2.45. The smallest absolute Gasteiger partial charge is 0.305 e. The molecule has 0 radical (unpaired) electrons. The number of carbonyl (C=O) groups is 2. The van der Waals surface area contributed by atoms with Crippen LogP contribution in [0.2, 0.25) is 0 Å². The van der Waals surface area contributed by atoms with Crippen LogP contribution in [0.3, 0.4) is 0 Å². The van der Waals surface area contributed by atoms with Gasteiger partial charge in [-0.2, -0.15) is 0 Å². The molecule has 2 unspecified atom stereocenters. The van der Waals surface area contributed by atoms with Crippen molar-refractivity contribution in [1.29, 1.82) is 0 Å². The molecule has 0 aromatic carbocycles. The van der Waals surface area contributed by atoms with Gasteiger partial charge in [0.1, 0.15) is 0 Å². The van der Waals surface area contributed by atoms with Crippen LogP contribution in [0.5, 0.6) is 0 Å². The third-order valence-corrected chi connectivity index (χ3v) is 11.4. The van der Waals surface area contributed by atoms with Gasteiger partial charge in [0.05, 0.1) is 25.4 Å². The Hall–Kier alpha value is -1.92. The average molecular weight is 816 g/mol. The fraction of sp³-hybridized carbons (Fsp3) is 0.846. The number of esters is 1. The number of rotatable bonds is 46. The molecular weight excluding hydrogens is 719 g/mol. The molecule has 0 heterocycles. The fourth-order valence-corrected chi connectivity index (χ4v) is 7.44. The van der Waals surface area contributed by atoms with E-state index in [0.29, 0.717) is 19.4 Å². The molecule has 58 heavy (non-hydrogen) atoms. The third-order valence-electron chi connectivity index (χ3n) is 11.4. The zero-order valence-electron chi connectivity index (χ0n) is 38.5. The standard InChI is InChI=1S/C52H97NO5/c1-3-5-7-9-11-13-15-20-24-28-32-36-40-44-50(55)49(48-54)53-51(56)45-41-37-33-29-25-22-18-17-19-23-27-31-35-39-43-47-58-52(57)46-42-38-34-30-26-21-16-14-12-10-8-6-4-2/h14,16,19,23,40,44,49-50,54-55H,3-13,15,17-18,20-22,24-39,41-43,45-48H2,1-2H3,(H,53,56)/b16-14-,23-19-,44-40+. The van der Waals surface area contributed by atoms with Crippen molar-refractivity contribution < 1.29 is 24.5 Å². The fourth-order valence-electron chi connectivity index (χ4n) is 7.44. The van der Waals surface area contributed by atoms with E-state index in [1.54, 1.807) is 6.08 Å². The first kappa shape index (κ1) is 56.1. The van der Waals surface area contributed by atoms with E-state index in [0.717, 1.165) is 70.6 Å². The van der Waals surface area contributed by atoms with Gasteiger partial charge in [0.15, 0.2) is 0 Å². The molecule has 0 saturated carbocycles. The summed E-state index contributed by atoms with van der Waals surface area (Å²) in [5.41, 5.74) is 0. The molecule has 0 rings (SSSR count). The minimum absolute atomic E-state index is 0.0213. The van der Waals surface area contributed by atoms with Crippen LogP contribution in [-0.2, 0) is 14.3 Å². The zero-order valence-corrected chi connectivity index (χ0v) is 38.5. The maximum atomic E-state index is 12.4. The van der Waals surface area contributed by atoms with Crippen LogP contribution in [0.25, 0.3) is 0 Å². The first-order chi connectivity index (χ1) is 28.5. The Labute approximate surface area is 360 Å². The van der Waals surface area contributed by atoms with Gasteiger partial charge in [0, 0.05) is 12.8 Å². The number of hydrogen-bond acceptors (Lipinski definition) is 5. The lowest BCUT2D eigenvalue weighted by Gasteiger charge is -2.20. The molecule has 6 nitrogen and oxygen atoms in total. The van der Waals surface area contributed by atoms with Crippen LogP contribution in [-0.4, -0.2) is 47.4 Å². The molecule has 0 saturated heterocycles. The van der Waals surface area contributed by atoms with E-state index in [1.165, 1.54) is 161 Å². The maximum Gasteiger partial charge on any atom is 0.305 e. The van der Waals surface area contributed by atoms with E-state index in [4.69, 9.17) is 4.74 Å². The second-order valence-electron chi connectivity index (χ2n) is 17.1. The normalized spacial score (nSPS) is 13.0. The van der Waals surface area contributed by atoms with Gasteiger partial charge in [-0.05, 0) is 83.5 Å². The largest absolute Gasteiger partial charge is 0.466 e. The molecule has 0 aliphatic heterocycles. The Morgan fingerprint density at radius 2 is 0.810 bits per heavy atom. The Morgan fingerprint density at radius 3 is 1.24 bits per heavy atom. The van der Waals surface area contributed by atoms with Crippen molar-refractivity contribution >= 4 is 11.9 Å². The molecule has 0 spiro atoms. The van der Waals surface area contributed by atoms with Gasteiger partial charge in [-0.3, -0.25) is 9.59 Å². The molecule has 6 heteroatoms. The van der Waals surface area contributed by atoms with Crippen molar-refractivity contribution in [3.63, 3.8) is 0 Å². The average Bonchev–Trinajstić information content (AvgIpc) is 3.22. The second kappa shape index (κ2) is 47.8. The van der Waals surface area contributed by atoms with Crippen molar-refractivity contribution in [3.05, 3.63) is 36.5 Å². The summed E-state index contributed by atoms with van der Waals surface area (Å²) < 4.78 is 5.44. The SMILES string of the molecule is CCCCCC/C=C\CCCCCCCC(=O)OCCCCCC/C=C\CCCCCCCCCC(=O)NC(CO)C(O)/C=C/CCCCCCCCCCCCC. The summed E-state index contributed by atoms with van der Waals surface area (Å²) in [5, 5.41) is 23.0. The molecule has 0 aliphatic rings. The molecule has 1 amide bonds. The van der Waals surface area contributed by atoms with Crippen molar-refractivity contribution in [2.75, 3.05) is 13.2 Å². The predicted octanol–water partition coefficient (Wildman–Crippen LogP) is 14.9. The van der Waals surface area contributed by atoms with E-state index in [9.17, 15) is 19.8 Å². The van der Waals surface area contributed by atoms with E-state index < -0.39 is 12.1 Å². The monoisotopic (exact) mass is 816 g/mol. The molecule has 340 valence electrons. The molecule has 0 aromatic rings. The molecule has 0 aromatic heterocycles. The molecule has 0 bridgehead atoms. The Morgan fingerprint density at radius 1 is 0.466 bits per heavy atom. The van der Waals surface area contributed by atoms with Crippen LogP contribution in [0.1, 0.15) is 258 Å². The van der Waals surface area contributed by atoms with E-state index in [2.05, 4.69) is 43.5 Å². The quantitative estimate of drug-likeness (QED) is 0.0323. The maximum absolute atomic E-state index is 12.4. The highest BCUT2D eigenvalue weighted by molar-refractivity contribution is 5.76. The van der Waals surface area contributed by atoms with Crippen molar-refractivity contribution in [2.45, 2.75) is 270 Å². The minimum Gasteiger partial charge on any atom is -0.466 e. The third kappa shape index (κ3) is 43.7. The highest BCUT2D eigenvalue weighted by Gasteiger charge is 2.18. The summed E-state index contributed by atoms with van der Waals surface area (Å²) in [7, 11) is 0. The number of nitrogens with one attached hydrogen (secondary N) is 1. The number of unbranched alkanes of at least 4 members (excludes halogenated alkanes) is 31. The van der Waals surface area contributed by atoms with Crippen LogP contribution in [0.4, 0.5) is 0 Å². The highest BCUT2D eigenvalue weighted by Crippen LogP contribution is 2.14. The van der Waals surface area contributed by atoms with Crippen LogP contribution in [0, 0.1) is 0 Å². The molecule has 3 N–H and O–H groups in total. The van der Waals surface area contributed by atoms with Gasteiger partial charge < -0.3 is 20.3 Å². The number of carbonyl (C=O) groups excluding carboxylic acids is 2. The first-order valence-corrected chi connectivity index (χ1v) is 25.3. The van der Waals surface area contributed by atoms with Gasteiger partial charge in [0.25, 0.3) is 0 Å². The predicted molar refractivity (Wildman–Crippen MR) is 250 cm³/mol.